The van der Waals surface area contributed by atoms with Gasteiger partial charge in [-0.25, -0.2) is 4.98 Å². The summed E-state index contributed by atoms with van der Waals surface area (Å²) in [6, 6.07) is 0.448. The van der Waals surface area contributed by atoms with Crippen LogP contribution in [-0.4, -0.2) is 64.8 Å². The molecule has 0 spiro atoms. The minimum absolute atomic E-state index is 0.172. The highest BCUT2D eigenvalue weighted by Gasteiger charge is 2.35. The molecular formula is C17H25N5O2. The molecule has 7 heteroatoms. The molecule has 1 aliphatic heterocycles. The van der Waals surface area contributed by atoms with E-state index in [4.69, 9.17) is 0 Å². The maximum atomic E-state index is 12.2. The first-order valence-electron chi connectivity index (χ1n) is 8.61. The van der Waals surface area contributed by atoms with Crippen LogP contribution in [0.4, 0.5) is 5.82 Å². The number of hydrogen-bond acceptors (Lipinski definition) is 5. The Morgan fingerprint density at radius 1 is 1.33 bits per heavy atom. The van der Waals surface area contributed by atoms with Gasteiger partial charge in [0.25, 0.3) is 5.91 Å². The zero-order valence-electron chi connectivity index (χ0n) is 14.4. The van der Waals surface area contributed by atoms with Crippen LogP contribution in [0.15, 0.2) is 12.4 Å². The van der Waals surface area contributed by atoms with Crippen LogP contribution in [-0.2, 0) is 4.79 Å². The second-order valence-corrected chi connectivity index (χ2v) is 6.92. The summed E-state index contributed by atoms with van der Waals surface area (Å²) < 4.78 is 0. The number of amides is 2. The van der Waals surface area contributed by atoms with E-state index in [1.807, 2.05) is 0 Å². The average molecular weight is 331 g/mol. The lowest BCUT2D eigenvalue weighted by molar-refractivity contribution is -0.129. The Balaban J connectivity index is 1.55. The number of carbonyl (C=O) groups excluding carboxylic acids is 2. The third kappa shape index (κ3) is 3.66. The molecule has 3 rings (SSSR count). The fraction of sp³-hybridized carbons (Fsp3) is 0.647. The van der Waals surface area contributed by atoms with Crippen LogP contribution >= 0.6 is 0 Å². The van der Waals surface area contributed by atoms with Crippen molar-refractivity contribution in [2.45, 2.75) is 38.1 Å². The van der Waals surface area contributed by atoms with Gasteiger partial charge in [-0.15, -0.1) is 0 Å². The molecule has 2 fully saturated rings. The minimum Gasteiger partial charge on any atom is -0.368 e. The molecule has 0 aromatic carbocycles. The van der Waals surface area contributed by atoms with Crippen LogP contribution in [0.5, 0.6) is 0 Å². The molecule has 24 heavy (non-hydrogen) atoms. The lowest BCUT2D eigenvalue weighted by Gasteiger charge is -2.24. The zero-order chi connectivity index (χ0) is 17.1. The van der Waals surface area contributed by atoms with Gasteiger partial charge in [-0.1, -0.05) is 12.8 Å². The predicted molar refractivity (Wildman–Crippen MR) is 90.6 cm³/mol. The van der Waals surface area contributed by atoms with E-state index in [0.29, 0.717) is 30.5 Å². The van der Waals surface area contributed by atoms with E-state index in [2.05, 4.69) is 20.2 Å². The second-order valence-electron chi connectivity index (χ2n) is 6.92. The first kappa shape index (κ1) is 16.7. The molecule has 1 saturated carbocycles. The third-order valence-electron chi connectivity index (χ3n) is 4.84. The molecule has 0 radical (unpaired) electrons. The Bertz CT molecular complexity index is 613. The molecule has 1 aromatic rings. The van der Waals surface area contributed by atoms with Gasteiger partial charge in [0.2, 0.25) is 5.91 Å². The van der Waals surface area contributed by atoms with Crippen LogP contribution in [0.25, 0.3) is 0 Å². The maximum absolute atomic E-state index is 12.2. The standard InChI is InChI=1S/C17H25N5O2/c1-21(2)17(24)14-9-18-10-15(20-14)19-8-12-7-16(23)22(11-12)13-5-3-4-6-13/h9-10,12-13H,3-8,11H2,1-2H3,(H,19,20). The van der Waals surface area contributed by atoms with Gasteiger partial charge in [0.05, 0.1) is 12.4 Å². The summed E-state index contributed by atoms with van der Waals surface area (Å²) in [4.78, 5) is 36.1. The molecule has 1 aromatic heterocycles. The highest BCUT2D eigenvalue weighted by atomic mass is 16.2. The quantitative estimate of drug-likeness (QED) is 0.882. The minimum atomic E-state index is -0.172. The van der Waals surface area contributed by atoms with E-state index in [9.17, 15) is 9.59 Å². The molecule has 1 unspecified atom stereocenters. The summed E-state index contributed by atoms with van der Waals surface area (Å²) in [5.41, 5.74) is 0.320. The highest BCUT2D eigenvalue weighted by molar-refractivity contribution is 5.91. The van der Waals surface area contributed by atoms with Crippen molar-refractivity contribution in [2.24, 2.45) is 5.92 Å². The van der Waals surface area contributed by atoms with Crippen molar-refractivity contribution in [3.05, 3.63) is 18.1 Å². The molecule has 2 aliphatic rings. The Kier molecular flexibility index (Phi) is 4.97. The molecule has 1 aliphatic carbocycles. The highest BCUT2D eigenvalue weighted by Crippen LogP contribution is 2.29. The van der Waals surface area contributed by atoms with Gasteiger partial charge in [0.15, 0.2) is 0 Å². The smallest absolute Gasteiger partial charge is 0.273 e. The van der Waals surface area contributed by atoms with Crippen LogP contribution < -0.4 is 5.32 Å². The molecule has 130 valence electrons. The van der Waals surface area contributed by atoms with Crippen molar-refractivity contribution in [1.29, 1.82) is 0 Å². The van der Waals surface area contributed by atoms with Gasteiger partial charge in [-0.3, -0.25) is 14.6 Å². The predicted octanol–water partition coefficient (Wildman–Crippen LogP) is 1.38. The number of nitrogens with one attached hydrogen (secondary N) is 1. The molecular weight excluding hydrogens is 306 g/mol. The van der Waals surface area contributed by atoms with Crippen LogP contribution in [0, 0.1) is 5.92 Å². The Hall–Kier alpha value is -2.18. The summed E-state index contributed by atoms with van der Waals surface area (Å²) in [5.74, 6) is 0.966. The van der Waals surface area contributed by atoms with E-state index >= 15 is 0 Å². The van der Waals surface area contributed by atoms with Crippen molar-refractivity contribution < 1.29 is 9.59 Å². The van der Waals surface area contributed by atoms with Crippen molar-refractivity contribution in [3.8, 4) is 0 Å². The molecule has 0 bridgehead atoms. The summed E-state index contributed by atoms with van der Waals surface area (Å²) in [6.07, 6.45) is 8.43. The van der Waals surface area contributed by atoms with E-state index in [1.54, 1.807) is 20.3 Å². The van der Waals surface area contributed by atoms with E-state index in [-0.39, 0.29) is 17.7 Å². The van der Waals surface area contributed by atoms with Crippen LogP contribution in [0.2, 0.25) is 0 Å². The average Bonchev–Trinajstić information content (AvgIpc) is 3.21. The normalized spacial score (nSPS) is 21.3. The number of nitrogens with zero attached hydrogens (tertiary/aromatic N) is 4. The maximum Gasteiger partial charge on any atom is 0.273 e. The second kappa shape index (κ2) is 7.15. The Labute approximate surface area is 142 Å². The van der Waals surface area contributed by atoms with Crippen LogP contribution in [0.1, 0.15) is 42.6 Å². The fourth-order valence-electron chi connectivity index (χ4n) is 3.55. The lowest BCUT2D eigenvalue weighted by Crippen LogP contribution is -2.34. The van der Waals surface area contributed by atoms with E-state index < -0.39 is 0 Å². The van der Waals surface area contributed by atoms with Crippen LogP contribution in [0.3, 0.4) is 0 Å². The van der Waals surface area contributed by atoms with Crippen molar-refractivity contribution in [3.63, 3.8) is 0 Å². The van der Waals surface area contributed by atoms with E-state index in [0.717, 1.165) is 19.4 Å². The number of anilines is 1. The van der Waals surface area contributed by atoms with Gasteiger partial charge in [0.1, 0.15) is 11.5 Å². The van der Waals surface area contributed by atoms with Gasteiger partial charge >= 0.3 is 0 Å². The molecule has 1 N–H and O–H groups in total. The van der Waals surface area contributed by atoms with Crippen molar-refractivity contribution in [2.75, 3.05) is 32.5 Å². The Morgan fingerprint density at radius 3 is 2.79 bits per heavy atom. The zero-order valence-corrected chi connectivity index (χ0v) is 14.4. The number of carbonyl (C=O) groups is 2. The van der Waals surface area contributed by atoms with Crippen molar-refractivity contribution >= 4 is 17.6 Å². The Morgan fingerprint density at radius 2 is 2.08 bits per heavy atom. The molecule has 1 saturated heterocycles. The SMILES string of the molecule is CN(C)C(=O)c1cncc(NCC2CC(=O)N(C3CCCC3)C2)n1. The fourth-order valence-corrected chi connectivity index (χ4v) is 3.55. The molecule has 7 nitrogen and oxygen atoms in total. The number of rotatable bonds is 5. The summed E-state index contributed by atoms with van der Waals surface area (Å²) in [6.45, 7) is 1.49. The molecule has 1 atom stereocenters. The number of aromatic nitrogens is 2. The van der Waals surface area contributed by atoms with Gasteiger partial charge in [0, 0.05) is 45.6 Å². The van der Waals surface area contributed by atoms with Gasteiger partial charge < -0.3 is 15.1 Å². The summed E-state index contributed by atoms with van der Waals surface area (Å²) in [5, 5.41) is 3.23. The molecule has 2 amide bonds. The number of hydrogen-bond donors (Lipinski definition) is 1. The van der Waals surface area contributed by atoms with E-state index in [1.165, 1.54) is 23.9 Å². The molecule has 2 heterocycles. The monoisotopic (exact) mass is 331 g/mol. The summed E-state index contributed by atoms with van der Waals surface area (Å²) in [7, 11) is 3.37. The summed E-state index contributed by atoms with van der Waals surface area (Å²) >= 11 is 0. The van der Waals surface area contributed by atoms with Gasteiger partial charge in [-0.2, -0.15) is 0 Å². The number of likely N-dealkylation sites (tertiary alicyclic amines) is 1. The lowest BCUT2D eigenvalue weighted by atomic mass is 10.1. The largest absolute Gasteiger partial charge is 0.368 e. The topological polar surface area (TPSA) is 78.4 Å². The first-order valence-corrected chi connectivity index (χ1v) is 8.61. The first-order chi connectivity index (χ1) is 11.5. The van der Waals surface area contributed by atoms with Crippen molar-refractivity contribution in [1.82, 2.24) is 19.8 Å². The van der Waals surface area contributed by atoms with Gasteiger partial charge in [-0.05, 0) is 12.8 Å². The third-order valence-corrected chi connectivity index (χ3v) is 4.84.